The summed E-state index contributed by atoms with van der Waals surface area (Å²) in [6.45, 7) is 2.01. The molecule has 2 rings (SSSR count). The summed E-state index contributed by atoms with van der Waals surface area (Å²) in [6.07, 6.45) is 0.846. The zero-order chi connectivity index (χ0) is 16.2. The Morgan fingerprint density at radius 2 is 1.73 bits per heavy atom. The summed E-state index contributed by atoms with van der Waals surface area (Å²) in [5.74, 6) is -0.395. The van der Waals surface area contributed by atoms with Gasteiger partial charge in [-0.25, -0.2) is 17.5 Å². The van der Waals surface area contributed by atoms with Gasteiger partial charge in [-0.15, -0.1) is 0 Å². The Morgan fingerprint density at radius 3 is 2.27 bits per heavy atom. The Hall–Kier alpha value is -1.92. The van der Waals surface area contributed by atoms with Gasteiger partial charge in [-0.1, -0.05) is 25.1 Å². The molecule has 0 aromatic heterocycles. The highest BCUT2D eigenvalue weighted by Crippen LogP contribution is 2.18. The van der Waals surface area contributed by atoms with Gasteiger partial charge in [0, 0.05) is 6.54 Å². The maximum atomic E-state index is 13.6. The average molecular weight is 323 g/mol. The van der Waals surface area contributed by atoms with E-state index in [2.05, 4.69) is 4.72 Å². The number of aryl methyl sites for hydroxylation is 1. The molecule has 0 aliphatic rings. The summed E-state index contributed by atoms with van der Waals surface area (Å²) in [4.78, 5) is 0.193. The molecule has 1 N–H and O–H groups in total. The number of sulfonamides is 1. The van der Waals surface area contributed by atoms with Crippen molar-refractivity contribution in [2.45, 2.75) is 24.8 Å². The van der Waals surface area contributed by atoms with E-state index >= 15 is 0 Å². The van der Waals surface area contributed by atoms with E-state index in [4.69, 9.17) is 4.74 Å². The molecule has 0 saturated carbocycles. The molecule has 4 nitrogen and oxygen atoms in total. The van der Waals surface area contributed by atoms with Gasteiger partial charge in [-0.2, -0.15) is 0 Å². The zero-order valence-electron chi connectivity index (χ0n) is 12.5. The van der Waals surface area contributed by atoms with Crippen molar-refractivity contribution in [3.8, 4) is 5.75 Å². The van der Waals surface area contributed by atoms with Crippen LogP contribution >= 0.6 is 0 Å². The standard InChI is InChI=1S/C16H18FNO3S/c1-3-12-4-7-14(8-5-12)22(19,20)18-11-13-6-9-16(21-2)15(17)10-13/h4-10,18H,3,11H2,1-2H3. The van der Waals surface area contributed by atoms with Crippen molar-refractivity contribution in [1.29, 1.82) is 0 Å². The smallest absolute Gasteiger partial charge is 0.240 e. The third-order valence-corrected chi connectivity index (χ3v) is 4.74. The summed E-state index contributed by atoms with van der Waals surface area (Å²) in [7, 11) is -2.24. The number of rotatable bonds is 6. The fourth-order valence-electron chi connectivity index (χ4n) is 1.99. The number of ether oxygens (including phenoxy) is 1. The Bertz CT molecular complexity index is 742. The SMILES string of the molecule is CCc1ccc(S(=O)(=O)NCc2ccc(OC)c(F)c2)cc1. The maximum Gasteiger partial charge on any atom is 0.240 e. The molecule has 0 unspecified atom stereocenters. The molecule has 2 aromatic carbocycles. The van der Waals surface area contributed by atoms with Crippen LogP contribution in [0.25, 0.3) is 0 Å². The first kappa shape index (κ1) is 16.5. The third-order valence-electron chi connectivity index (χ3n) is 3.32. The first-order valence-corrected chi connectivity index (χ1v) is 8.35. The molecule has 22 heavy (non-hydrogen) atoms. The summed E-state index contributed by atoms with van der Waals surface area (Å²) >= 11 is 0. The van der Waals surface area contributed by atoms with E-state index < -0.39 is 15.8 Å². The van der Waals surface area contributed by atoms with Crippen molar-refractivity contribution >= 4 is 10.0 Å². The van der Waals surface area contributed by atoms with Crippen LogP contribution in [0.5, 0.6) is 5.75 Å². The fraction of sp³-hybridized carbons (Fsp3) is 0.250. The van der Waals surface area contributed by atoms with Gasteiger partial charge in [-0.05, 0) is 41.8 Å². The number of hydrogen-bond acceptors (Lipinski definition) is 3. The van der Waals surface area contributed by atoms with Crippen LogP contribution in [0.4, 0.5) is 4.39 Å². The normalized spacial score (nSPS) is 11.4. The fourth-order valence-corrected chi connectivity index (χ4v) is 3.00. The number of halogens is 1. The van der Waals surface area contributed by atoms with Crippen LogP contribution in [0.1, 0.15) is 18.1 Å². The van der Waals surface area contributed by atoms with E-state index in [0.29, 0.717) is 5.56 Å². The molecule has 0 aliphatic heterocycles. The van der Waals surface area contributed by atoms with Gasteiger partial charge in [0.2, 0.25) is 10.0 Å². The molecular weight excluding hydrogens is 305 g/mol. The average Bonchev–Trinajstić information content (AvgIpc) is 2.53. The number of methoxy groups -OCH3 is 1. The Labute approximate surface area is 130 Å². The van der Waals surface area contributed by atoms with Gasteiger partial charge in [0.05, 0.1) is 12.0 Å². The lowest BCUT2D eigenvalue weighted by molar-refractivity contribution is 0.386. The number of nitrogens with one attached hydrogen (secondary N) is 1. The molecule has 2 aromatic rings. The lowest BCUT2D eigenvalue weighted by Gasteiger charge is -2.09. The van der Waals surface area contributed by atoms with Crippen molar-refractivity contribution in [2.24, 2.45) is 0 Å². The van der Waals surface area contributed by atoms with E-state index in [9.17, 15) is 12.8 Å². The molecule has 0 heterocycles. The van der Waals surface area contributed by atoms with Crippen LogP contribution in [0.15, 0.2) is 47.4 Å². The minimum atomic E-state index is -3.62. The molecule has 118 valence electrons. The molecule has 0 amide bonds. The van der Waals surface area contributed by atoms with Crippen LogP contribution in [0, 0.1) is 5.82 Å². The Kier molecular flexibility index (Phi) is 5.15. The minimum absolute atomic E-state index is 0.0127. The van der Waals surface area contributed by atoms with Crippen LogP contribution in [0.2, 0.25) is 0 Å². The number of benzene rings is 2. The van der Waals surface area contributed by atoms with E-state index in [0.717, 1.165) is 12.0 Å². The first-order valence-electron chi connectivity index (χ1n) is 6.87. The van der Waals surface area contributed by atoms with Crippen molar-refractivity contribution in [1.82, 2.24) is 4.72 Å². The highest BCUT2D eigenvalue weighted by Gasteiger charge is 2.14. The summed E-state index contributed by atoms with van der Waals surface area (Å²) in [6, 6.07) is 11.0. The van der Waals surface area contributed by atoms with Crippen LogP contribution < -0.4 is 9.46 Å². The molecular formula is C16H18FNO3S. The van der Waals surface area contributed by atoms with E-state index in [1.165, 1.54) is 19.2 Å². The maximum absolute atomic E-state index is 13.6. The van der Waals surface area contributed by atoms with E-state index in [-0.39, 0.29) is 17.2 Å². The van der Waals surface area contributed by atoms with Crippen molar-refractivity contribution in [2.75, 3.05) is 7.11 Å². The van der Waals surface area contributed by atoms with Gasteiger partial charge < -0.3 is 4.74 Å². The molecule has 0 saturated heterocycles. The minimum Gasteiger partial charge on any atom is -0.494 e. The summed E-state index contributed by atoms with van der Waals surface area (Å²) in [5, 5.41) is 0. The second-order valence-electron chi connectivity index (χ2n) is 4.79. The van der Waals surface area contributed by atoms with Crippen LogP contribution in [-0.2, 0) is 23.0 Å². The predicted molar refractivity (Wildman–Crippen MR) is 82.8 cm³/mol. The molecule has 0 bridgehead atoms. The molecule has 0 radical (unpaired) electrons. The molecule has 0 spiro atoms. The van der Waals surface area contributed by atoms with Crippen molar-refractivity contribution in [3.05, 3.63) is 59.4 Å². The van der Waals surface area contributed by atoms with Crippen molar-refractivity contribution in [3.63, 3.8) is 0 Å². The van der Waals surface area contributed by atoms with Gasteiger partial charge >= 0.3 is 0 Å². The predicted octanol–water partition coefficient (Wildman–Crippen LogP) is 2.88. The highest BCUT2D eigenvalue weighted by molar-refractivity contribution is 7.89. The molecule has 6 heteroatoms. The van der Waals surface area contributed by atoms with Gasteiger partial charge in [0.15, 0.2) is 11.6 Å². The van der Waals surface area contributed by atoms with E-state index in [1.807, 2.05) is 6.92 Å². The number of hydrogen-bond donors (Lipinski definition) is 1. The second-order valence-corrected chi connectivity index (χ2v) is 6.56. The third kappa shape index (κ3) is 3.84. The quantitative estimate of drug-likeness (QED) is 0.889. The summed E-state index contributed by atoms with van der Waals surface area (Å²) < 4.78 is 45.2. The first-order chi connectivity index (χ1) is 10.5. The van der Waals surface area contributed by atoms with Gasteiger partial charge in [0.25, 0.3) is 0 Å². The molecule has 0 fully saturated rings. The largest absolute Gasteiger partial charge is 0.494 e. The van der Waals surface area contributed by atoms with E-state index in [1.54, 1.807) is 30.3 Å². The molecule has 0 aliphatic carbocycles. The van der Waals surface area contributed by atoms with Crippen LogP contribution in [-0.4, -0.2) is 15.5 Å². The zero-order valence-corrected chi connectivity index (χ0v) is 13.3. The second kappa shape index (κ2) is 6.89. The van der Waals surface area contributed by atoms with Gasteiger partial charge in [-0.3, -0.25) is 0 Å². The summed E-state index contributed by atoms with van der Waals surface area (Å²) in [5.41, 5.74) is 1.59. The lowest BCUT2D eigenvalue weighted by atomic mass is 10.2. The topological polar surface area (TPSA) is 55.4 Å². The lowest BCUT2D eigenvalue weighted by Crippen LogP contribution is -2.23. The highest BCUT2D eigenvalue weighted by atomic mass is 32.2. The van der Waals surface area contributed by atoms with Gasteiger partial charge in [0.1, 0.15) is 0 Å². The Morgan fingerprint density at radius 1 is 1.09 bits per heavy atom. The monoisotopic (exact) mass is 323 g/mol. The van der Waals surface area contributed by atoms with Crippen molar-refractivity contribution < 1.29 is 17.5 Å². The Balaban J connectivity index is 2.10. The van der Waals surface area contributed by atoms with Crippen LogP contribution in [0.3, 0.4) is 0 Å². The molecule has 0 atom stereocenters.